The number of rotatable bonds is 4. The van der Waals surface area contributed by atoms with Crippen molar-refractivity contribution >= 4 is 11.2 Å². The van der Waals surface area contributed by atoms with Crippen molar-refractivity contribution in [3.05, 3.63) is 0 Å². The monoisotopic (exact) mass is 374 g/mol. The van der Waals surface area contributed by atoms with E-state index in [1.807, 2.05) is 0 Å². The maximum absolute atomic E-state index is 12.6. The van der Waals surface area contributed by atoms with E-state index in [-0.39, 0.29) is 0 Å². The highest BCUT2D eigenvalue weighted by atomic mass is 32.2. The van der Waals surface area contributed by atoms with Crippen LogP contribution in [0.4, 0.5) is 0 Å². The molecule has 24 heavy (non-hydrogen) atoms. The van der Waals surface area contributed by atoms with E-state index in [4.69, 9.17) is 19.7 Å². The first kappa shape index (κ1) is 20.2. The lowest BCUT2D eigenvalue weighted by Gasteiger charge is -2.44. The van der Waals surface area contributed by atoms with E-state index in [0.29, 0.717) is 0 Å². The van der Waals surface area contributed by atoms with E-state index in [9.17, 15) is 35.2 Å². The van der Waals surface area contributed by atoms with Crippen LogP contribution < -0.4 is 0 Å². The first-order chi connectivity index (χ1) is 11.2. The zero-order valence-electron chi connectivity index (χ0n) is 12.4. The number of ether oxygens (including phenoxy) is 2. The summed E-state index contributed by atoms with van der Waals surface area (Å²) < 4.78 is 22.8. The number of aliphatic hydroxyl groups excluding tert-OH is 8. The third kappa shape index (κ3) is 3.56. The smallest absolute Gasteiger partial charge is 0.247 e. The van der Waals surface area contributed by atoms with Crippen molar-refractivity contribution in [3.8, 4) is 0 Å². The Morgan fingerprint density at radius 1 is 0.625 bits per heavy atom. The second kappa shape index (κ2) is 8.07. The molecule has 2 rings (SSSR count). The molecule has 0 spiro atoms. The molecule has 0 radical (unpaired) electrons. The molecule has 0 aromatic heterocycles. The number of hydrogen-bond donors (Lipinski definition) is 8. The predicted octanol–water partition coefficient (Wildman–Crippen LogP) is -5.67. The van der Waals surface area contributed by atoms with Crippen LogP contribution in [0, 0.1) is 0 Å². The van der Waals surface area contributed by atoms with E-state index in [2.05, 4.69) is 0 Å². The summed E-state index contributed by atoms with van der Waals surface area (Å²) in [6.07, 6.45) is -13.1. The maximum Gasteiger partial charge on any atom is 0.247 e. The normalized spacial score (nSPS) is 50.2. The summed E-state index contributed by atoms with van der Waals surface area (Å²) in [7, 11) is 0. The second-order valence-electron chi connectivity index (χ2n) is 5.72. The molecule has 11 nitrogen and oxygen atoms in total. The van der Waals surface area contributed by atoms with Crippen molar-refractivity contribution in [2.24, 2.45) is 0 Å². The summed E-state index contributed by atoms with van der Waals surface area (Å²) in [5, 5.41) is 76.9. The van der Waals surface area contributed by atoms with Gasteiger partial charge in [-0.3, -0.25) is 0 Å². The van der Waals surface area contributed by atoms with E-state index in [0.717, 1.165) is 0 Å². The van der Waals surface area contributed by atoms with Crippen molar-refractivity contribution in [3.63, 3.8) is 0 Å². The van der Waals surface area contributed by atoms with E-state index >= 15 is 0 Å². The van der Waals surface area contributed by atoms with Crippen LogP contribution in [-0.2, 0) is 20.6 Å². The summed E-state index contributed by atoms with van der Waals surface area (Å²) >= 11 is -2.38. The largest absolute Gasteiger partial charge is 0.612 e. The Labute approximate surface area is 139 Å². The molecule has 12 heteroatoms. The fraction of sp³-hybridized carbons (Fsp3) is 1.00. The second-order valence-corrected chi connectivity index (χ2v) is 7.31. The zero-order valence-corrected chi connectivity index (χ0v) is 13.2. The van der Waals surface area contributed by atoms with Crippen LogP contribution in [0.2, 0.25) is 0 Å². The van der Waals surface area contributed by atoms with Crippen LogP contribution in [0.3, 0.4) is 0 Å². The number of hydrogen-bond acceptors (Lipinski definition) is 11. The molecule has 2 heterocycles. The third-order valence-electron chi connectivity index (χ3n) is 4.15. The first-order valence-corrected chi connectivity index (χ1v) is 8.52. The average Bonchev–Trinajstić information content (AvgIpc) is 2.58. The molecule has 0 bridgehead atoms. The summed E-state index contributed by atoms with van der Waals surface area (Å²) in [6, 6.07) is 0. The molecular formula is C12H22O11S. The van der Waals surface area contributed by atoms with Crippen LogP contribution in [0.5, 0.6) is 0 Å². The lowest BCUT2D eigenvalue weighted by molar-refractivity contribution is -0.218. The van der Waals surface area contributed by atoms with Crippen LogP contribution >= 0.6 is 0 Å². The van der Waals surface area contributed by atoms with Crippen LogP contribution in [0.1, 0.15) is 0 Å². The van der Waals surface area contributed by atoms with Gasteiger partial charge in [0.2, 0.25) is 10.9 Å². The molecule has 0 aliphatic carbocycles. The first-order valence-electron chi connectivity index (χ1n) is 7.25. The molecule has 0 saturated carbocycles. The van der Waals surface area contributed by atoms with Gasteiger partial charge in [-0.2, -0.15) is 0 Å². The van der Waals surface area contributed by atoms with Crippen LogP contribution in [-0.4, -0.2) is 118 Å². The van der Waals surface area contributed by atoms with Crippen molar-refractivity contribution in [1.29, 1.82) is 0 Å². The topological polar surface area (TPSA) is 203 Å². The SMILES string of the molecule is [O-][S+]([C@@H]1O[C@H](CO)[C@@H](O)[C@H](O)[C@H]1O)[C@@H]1O[C@H](CO)[C@@H](O)[C@H](O)[C@H]1O. The Morgan fingerprint density at radius 3 is 1.25 bits per heavy atom. The Kier molecular flexibility index (Phi) is 6.80. The fourth-order valence-electron chi connectivity index (χ4n) is 2.65. The Hall–Kier alpha value is -0.0900. The predicted molar refractivity (Wildman–Crippen MR) is 75.7 cm³/mol. The summed E-state index contributed by atoms with van der Waals surface area (Å²) in [6.45, 7) is -1.46. The molecule has 2 fully saturated rings. The molecule has 0 amide bonds. The standard InChI is InChI=1S/C12H22O11S/c13-1-3-5(15)7(17)9(19)11(22-3)24(21)12-10(20)8(18)6(16)4(2-14)23-12/h3-20H,1-2H2/t3-,4-,5-,6-,7+,8+,9-,10-,11+,12+/m1/s1. The summed E-state index contributed by atoms with van der Waals surface area (Å²) in [5.74, 6) is 0. The van der Waals surface area contributed by atoms with E-state index in [1.165, 1.54) is 0 Å². The Morgan fingerprint density at radius 2 is 0.958 bits per heavy atom. The molecular weight excluding hydrogens is 352 g/mol. The quantitative estimate of drug-likeness (QED) is 0.218. The highest BCUT2D eigenvalue weighted by Crippen LogP contribution is 2.32. The van der Waals surface area contributed by atoms with Crippen LogP contribution in [0.15, 0.2) is 0 Å². The number of aliphatic hydroxyl groups is 8. The summed E-state index contributed by atoms with van der Waals surface area (Å²) in [5.41, 5.74) is -3.30. The highest BCUT2D eigenvalue weighted by Gasteiger charge is 2.56. The van der Waals surface area contributed by atoms with Gasteiger partial charge in [0.05, 0.1) is 13.2 Å². The average molecular weight is 374 g/mol. The molecule has 2 aliphatic rings. The molecule has 0 aromatic rings. The minimum absolute atomic E-state index is 0.729. The molecule has 2 aliphatic heterocycles. The van der Waals surface area contributed by atoms with Gasteiger partial charge in [0, 0.05) is 11.2 Å². The Bertz CT molecular complexity index is 374. The third-order valence-corrected chi connectivity index (χ3v) is 5.85. The Balaban J connectivity index is 2.18. The molecule has 0 unspecified atom stereocenters. The van der Waals surface area contributed by atoms with E-state index < -0.39 is 84.1 Å². The van der Waals surface area contributed by atoms with Gasteiger partial charge in [0.25, 0.3) is 0 Å². The lowest BCUT2D eigenvalue weighted by Crippen LogP contribution is -2.66. The fourth-order valence-corrected chi connectivity index (χ4v) is 4.29. The minimum Gasteiger partial charge on any atom is -0.612 e. The molecule has 10 atom stereocenters. The van der Waals surface area contributed by atoms with E-state index in [1.54, 1.807) is 0 Å². The highest BCUT2D eigenvalue weighted by molar-refractivity contribution is 7.92. The summed E-state index contributed by atoms with van der Waals surface area (Å²) in [4.78, 5) is 0. The van der Waals surface area contributed by atoms with Gasteiger partial charge in [0.1, 0.15) is 36.6 Å². The maximum atomic E-state index is 12.6. The molecule has 0 aromatic carbocycles. The van der Waals surface area contributed by atoms with Crippen molar-refractivity contribution in [2.75, 3.05) is 13.2 Å². The van der Waals surface area contributed by atoms with Gasteiger partial charge in [-0.05, 0) is 0 Å². The van der Waals surface area contributed by atoms with Crippen molar-refractivity contribution < 1.29 is 54.9 Å². The van der Waals surface area contributed by atoms with Gasteiger partial charge in [0.15, 0.2) is 12.2 Å². The lowest BCUT2D eigenvalue weighted by atomic mass is 10.0. The van der Waals surface area contributed by atoms with Gasteiger partial charge in [-0.15, -0.1) is 0 Å². The van der Waals surface area contributed by atoms with Crippen molar-refractivity contribution in [1.82, 2.24) is 0 Å². The zero-order chi connectivity index (χ0) is 18.2. The molecule has 142 valence electrons. The van der Waals surface area contributed by atoms with Gasteiger partial charge >= 0.3 is 0 Å². The van der Waals surface area contributed by atoms with Gasteiger partial charge < -0.3 is 54.9 Å². The van der Waals surface area contributed by atoms with Gasteiger partial charge in [-0.1, -0.05) is 0 Å². The molecule has 2 saturated heterocycles. The van der Waals surface area contributed by atoms with Gasteiger partial charge in [-0.25, -0.2) is 0 Å². The van der Waals surface area contributed by atoms with Crippen molar-refractivity contribution in [2.45, 2.75) is 59.7 Å². The molecule has 8 N–H and O–H groups in total. The minimum atomic E-state index is -2.38. The van der Waals surface area contributed by atoms with Crippen LogP contribution in [0.25, 0.3) is 0 Å².